The van der Waals surface area contributed by atoms with Gasteiger partial charge in [-0.2, -0.15) is 0 Å². The number of aromatic nitrogens is 1. The molecule has 1 N–H and O–H groups in total. The fraction of sp³-hybridized carbons (Fsp3) is 0.294. The van der Waals surface area contributed by atoms with Crippen LogP contribution < -0.4 is 10.1 Å². The van der Waals surface area contributed by atoms with E-state index < -0.39 is 0 Å². The van der Waals surface area contributed by atoms with Crippen LogP contribution >= 0.6 is 11.8 Å². The van der Waals surface area contributed by atoms with Crippen molar-refractivity contribution in [2.24, 2.45) is 0 Å². The molecule has 2 aromatic rings. The van der Waals surface area contributed by atoms with E-state index in [0.29, 0.717) is 5.75 Å². The minimum atomic E-state index is 0.0243. The Morgan fingerprint density at radius 2 is 2.18 bits per heavy atom. The molecule has 0 fully saturated rings. The monoisotopic (exact) mass is 316 g/mol. The molecule has 1 aromatic carbocycles. The highest BCUT2D eigenvalue weighted by molar-refractivity contribution is 8.00. The van der Waals surface area contributed by atoms with Gasteiger partial charge in [0.2, 0.25) is 5.91 Å². The van der Waals surface area contributed by atoms with E-state index in [0.717, 1.165) is 22.8 Å². The van der Waals surface area contributed by atoms with Gasteiger partial charge < -0.3 is 10.1 Å². The third kappa shape index (κ3) is 5.41. The Kier molecular flexibility index (Phi) is 6.27. The first-order valence-electron chi connectivity index (χ1n) is 7.13. The fourth-order valence-corrected chi connectivity index (χ4v) is 2.80. The van der Waals surface area contributed by atoms with Gasteiger partial charge in [-0.05, 0) is 37.3 Å². The topological polar surface area (TPSA) is 51.2 Å². The zero-order valence-electron chi connectivity index (χ0n) is 12.8. The van der Waals surface area contributed by atoms with E-state index in [1.807, 2.05) is 49.4 Å². The maximum atomic E-state index is 12.0. The molecule has 1 heterocycles. The molecule has 5 heteroatoms. The Morgan fingerprint density at radius 1 is 1.32 bits per heavy atom. The van der Waals surface area contributed by atoms with Crippen LogP contribution in [0, 0.1) is 0 Å². The summed E-state index contributed by atoms with van der Waals surface area (Å²) < 4.78 is 5.17. The highest BCUT2D eigenvalue weighted by Crippen LogP contribution is 2.22. The molecule has 0 aliphatic carbocycles. The second-order valence-electron chi connectivity index (χ2n) is 4.96. The van der Waals surface area contributed by atoms with Crippen LogP contribution in [-0.4, -0.2) is 29.8 Å². The van der Waals surface area contributed by atoms with E-state index in [4.69, 9.17) is 4.74 Å². The van der Waals surface area contributed by atoms with Gasteiger partial charge in [-0.3, -0.25) is 9.78 Å². The summed E-state index contributed by atoms with van der Waals surface area (Å²) in [7, 11) is 1.63. The molecule has 1 aromatic heterocycles. The van der Waals surface area contributed by atoms with Crippen LogP contribution in [0.2, 0.25) is 0 Å². The Morgan fingerprint density at radius 3 is 2.91 bits per heavy atom. The molecular formula is C17H20N2O2S. The van der Waals surface area contributed by atoms with Crippen molar-refractivity contribution in [1.29, 1.82) is 0 Å². The number of rotatable bonds is 7. The van der Waals surface area contributed by atoms with Crippen molar-refractivity contribution in [1.82, 2.24) is 10.3 Å². The predicted octanol–water partition coefficient (Wildman–Crippen LogP) is 2.93. The second-order valence-corrected chi connectivity index (χ2v) is 6.01. The lowest BCUT2D eigenvalue weighted by atomic mass is 10.1. The van der Waals surface area contributed by atoms with Gasteiger partial charge in [-0.1, -0.05) is 12.1 Å². The first-order valence-corrected chi connectivity index (χ1v) is 8.12. The Hall–Kier alpha value is -2.01. The molecule has 116 valence electrons. The highest BCUT2D eigenvalue weighted by Gasteiger charge is 2.09. The number of benzene rings is 1. The van der Waals surface area contributed by atoms with E-state index in [2.05, 4.69) is 10.3 Å². The number of carbonyl (C=O) groups is 1. The van der Waals surface area contributed by atoms with Gasteiger partial charge in [-0.15, -0.1) is 11.8 Å². The molecule has 0 saturated heterocycles. The molecule has 4 nitrogen and oxygen atoms in total. The van der Waals surface area contributed by atoms with E-state index >= 15 is 0 Å². The summed E-state index contributed by atoms with van der Waals surface area (Å²) >= 11 is 1.50. The van der Waals surface area contributed by atoms with Crippen molar-refractivity contribution in [3.8, 4) is 5.75 Å². The van der Waals surface area contributed by atoms with Gasteiger partial charge in [0.25, 0.3) is 0 Å². The Balaban J connectivity index is 1.77. The summed E-state index contributed by atoms with van der Waals surface area (Å²) in [4.78, 5) is 17.3. The van der Waals surface area contributed by atoms with Crippen LogP contribution in [0.1, 0.15) is 12.6 Å². The number of ether oxygens (including phenoxy) is 1. The summed E-state index contributed by atoms with van der Waals surface area (Å²) in [6.07, 6.45) is 2.50. The van der Waals surface area contributed by atoms with Crippen LogP contribution in [0.5, 0.6) is 5.75 Å². The molecule has 0 aliphatic rings. The Labute approximate surface area is 135 Å². The van der Waals surface area contributed by atoms with Crippen LogP contribution in [0.3, 0.4) is 0 Å². The average Bonchev–Trinajstić information content (AvgIpc) is 2.54. The highest BCUT2D eigenvalue weighted by atomic mass is 32.2. The number of nitrogens with one attached hydrogen (secondary N) is 1. The minimum absolute atomic E-state index is 0.0243. The van der Waals surface area contributed by atoms with E-state index in [-0.39, 0.29) is 11.9 Å². The minimum Gasteiger partial charge on any atom is -0.497 e. The molecule has 2 rings (SSSR count). The van der Waals surface area contributed by atoms with Crippen molar-refractivity contribution >= 4 is 17.7 Å². The summed E-state index contributed by atoms with van der Waals surface area (Å²) in [6, 6.07) is 13.6. The van der Waals surface area contributed by atoms with Gasteiger partial charge in [0.05, 0.1) is 12.9 Å². The van der Waals surface area contributed by atoms with Crippen LogP contribution in [0.4, 0.5) is 0 Å². The Bertz CT molecular complexity index is 605. The number of amides is 1. The predicted molar refractivity (Wildman–Crippen MR) is 89.3 cm³/mol. The first-order chi connectivity index (χ1) is 10.7. The summed E-state index contributed by atoms with van der Waals surface area (Å²) in [5.41, 5.74) is 0.982. The second kappa shape index (κ2) is 8.44. The summed E-state index contributed by atoms with van der Waals surface area (Å²) in [5.74, 6) is 1.21. The van der Waals surface area contributed by atoms with E-state index in [9.17, 15) is 4.79 Å². The largest absolute Gasteiger partial charge is 0.497 e. The number of hydrogen-bond acceptors (Lipinski definition) is 4. The van der Waals surface area contributed by atoms with Crippen LogP contribution in [0.25, 0.3) is 0 Å². The van der Waals surface area contributed by atoms with Crippen molar-refractivity contribution in [3.63, 3.8) is 0 Å². The number of hydrogen-bond donors (Lipinski definition) is 1. The number of carbonyl (C=O) groups excluding carboxylic acids is 1. The van der Waals surface area contributed by atoms with Gasteiger partial charge >= 0.3 is 0 Å². The average molecular weight is 316 g/mol. The first kappa shape index (κ1) is 16.4. The zero-order chi connectivity index (χ0) is 15.8. The molecule has 0 unspecified atom stereocenters. The van der Waals surface area contributed by atoms with Gasteiger partial charge in [0.15, 0.2) is 0 Å². The number of methoxy groups -OCH3 is 1. The molecule has 0 aliphatic heterocycles. The third-order valence-corrected chi connectivity index (χ3v) is 4.05. The molecular weight excluding hydrogens is 296 g/mol. The molecule has 0 bridgehead atoms. The summed E-state index contributed by atoms with van der Waals surface area (Å²) in [6.45, 7) is 1.99. The standard InChI is InChI=1S/C17H20N2O2S/c1-13(10-14-6-3-4-9-18-14)19-17(20)12-22-16-8-5-7-15(11-16)21-2/h3-9,11,13H,10,12H2,1-2H3,(H,19,20)/t13-/m0/s1. The van der Waals surface area contributed by atoms with E-state index in [1.165, 1.54) is 11.8 Å². The van der Waals surface area contributed by atoms with Crippen molar-refractivity contribution in [2.45, 2.75) is 24.3 Å². The van der Waals surface area contributed by atoms with Crippen molar-refractivity contribution in [2.75, 3.05) is 12.9 Å². The summed E-state index contributed by atoms with van der Waals surface area (Å²) in [5, 5.41) is 3.00. The van der Waals surface area contributed by atoms with Crippen molar-refractivity contribution in [3.05, 3.63) is 54.4 Å². The SMILES string of the molecule is COc1cccc(SCC(=O)N[C@@H](C)Cc2ccccn2)c1. The third-order valence-electron chi connectivity index (χ3n) is 3.06. The molecule has 22 heavy (non-hydrogen) atoms. The van der Waals surface area contributed by atoms with Gasteiger partial charge in [-0.25, -0.2) is 0 Å². The zero-order valence-corrected chi connectivity index (χ0v) is 13.6. The molecule has 0 spiro atoms. The lowest BCUT2D eigenvalue weighted by Crippen LogP contribution is -2.35. The van der Waals surface area contributed by atoms with Crippen LogP contribution in [0.15, 0.2) is 53.6 Å². The molecule has 0 saturated carbocycles. The van der Waals surface area contributed by atoms with Gasteiger partial charge in [0.1, 0.15) is 5.75 Å². The maximum absolute atomic E-state index is 12.0. The quantitative estimate of drug-likeness (QED) is 0.798. The molecule has 1 atom stereocenters. The van der Waals surface area contributed by atoms with Crippen molar-refractivity contribution < 1.29 is 9.53 Å². The normalized spacial score (nSPS) is 11.7. The lowest BCUT2D eigenvalue weighted by molar-refractivity contribution is -0.119. The number of thioether (sulfide) groups is 1. The number of nitrogens with zero attached hydrogens (tertiary/aromatic N) is 1. The fourth-order valence-electron chi connectivity index (χ4n) is 2.04. The smallest absolute Gasteiger partial charge is 0.230 e. The maximum Gasteiger partial charge on any atom is 0.230 e. The van der Waals surface area contributed by atoms with E-state index in [1.54, 1.807) is 13.3 Å². The lowest BCUT2D eigenvalue weighted by Gasteiger charge is -2.13. The van der Waals surface area contributed by atoms with Gasteiger partial charge in [0, 0.05) is 29.2 Å². The number of pyridine rings is 1. The molecule has 0 radical (unpaired) electrons. The molecule has 1 amide bonds. The van der Waals surface area contributed by atoms with Crippen LogP contribution in [-0.2, 0) is 11.2 Å².